The van der Waals surface area contributed by atoms with Crippen LogP contribution in [0.15, 0.2) is 0 Å². The van der Waals surface area contributed by atoms with E-state index >= 15 is 0 Å². The molecule has 3 aliphatic rings. The maximum absolute atomic E-state index is 10.6. The SMILES string of the molecule is COC1C2CC1(C(=O)O)C2. The fourth-order valence-electron chi connectivity index (χ4n) is 2.17. The molecule has 56 valence electrons. The van der Waals surface area contributed by atoms with E-state index in [9.17, 15) is 4.79 Å². The van der Waals surface area contributed by atoms with Crippen molar-refractivity contribution >= 4 is 5.97 Å². The lowest BCUT2D eigenvalue weighted by Gasteiger charge is -2.64. The van der Waals surface area contributed by atoms with Crippen molar-refractivity contribution in [1.82, 2.24) is 0 Å². The number of carboxylic acid groups (broad SMARTS) is 1. The molecule has 3 rings (SSSR count). The zero-order valence-electron chi connectivity index (χ0n) is 5.83. The highest BCUT2D eigenvalue weighted by atomic mass is 16.5. The quantitative estimate of drug-likeness (QED) is 0.610. The Labute approximate surface area is 59.0 Å². The van der Waals surface area contributed by atoms with Crippen LogP contribution in [0, 0.1) is 11.3 Å². The molecule has 2 bridgehead atoms. The number of carbonyl (C=O) groups is 1. The predicted molar refractivity (Wildman–Crippen MR) is 33.6 cm³/mol. The lowest BCUT2D eigenvalue weighted by molar-refractivity contribution is -0.252. The molecule has 1 unspecified atom stereocenters. The van der Waals surface area contributed by atoms with Crippen LogP contribution < -0.4 is 0 Å². The lowest BCUT2D eigenvalue weighted by atomic mass is 9.42. The third kappa shape index (κ3) is 0.408. The van der Waals surface area contributed by atoms with Crippen molar-refractivity contribution in [3.8, 4) is 0 Å². The van der Waals surface area contributed by atoms with Crippen LogP contribution in [0.3, 0.4) is 0 Å². The van der Waals surface area contributed by atoms with Crippen molar-refractivity contribution in [3.05, 3.63) is 0 Å². The highest BCUT2D eigenvalue weighted by Gasteiger charge is 2.70. The monoisotopic (exact) mass is 142 g/mol. The van der Waals surface area contributed by atoms with Gasteiger partial charge in [0.25, 0.3) is 0 Å². The fourth-order valence-corrected chi connectivity index (χ4v) is 2.17. The van der Waals surface area contributed by atoms with Gasteiger partial charge in [-0.3, -0.25) is 4.79 Å². The standard InChI is InChI=1S/C7H10O3/c1-10-5-4-2-7(5,3-4)6(8)9/h4-5H,2-3H2,1H3,(H,8,9). The summed E-state index contributed by atoms with van der Waals surface area (Å²) in [6, 6.07) is 0. The first kappa shape index (κ1) is 6.16. The maximum Gasteiger partial charge on any atom is 0.312 e. The van der Waals surface area contributed by atoms with Gasteiger partial charge in [0, 0.05) is 7.11 Å². The number of methoxy groups -OCH3 is 1. The summed E-state index contributed by atoms with van der Waals surface area (Å²) in [6.45, 7) is 0. The van der Waals surface area contributed by atoms with E-state index in [4.69, 9.17) is 9.84 Å². The number of hydrogen-bond donors (Lipinski definition) is 1. The van der Waals surface area contributed by atoms with Gasteiger partial charge >= 0.3 is 5.97 Å². The van der Waals surface area contributed by atoms with Crippen LogP contribution in [-0.2, 0) is 9.53 Å². The van der Waals surface area contributed by atoms with Crippen molar-refractivity contribution in [2.24, 2.45) is 11.3 Å². The molecule has 0 aromatic heterocycles. The van der Waals surface area contributed by atoms with E-state index in [1.807, 2.05) is 0 Å². The number of hydrogen-bond acceptors (Lipinski definition) is 2. The average Bonchev–Trinajstić information content (AvgIpc) is 1.56. The lowest BCUT2D eigenvalue weighted by Crippen LogP contribution is -2.69. The Hall–Kier alpha value is -0.570. The number of rotatable bonds is 2. The van der Waals surface area contributed by atoms with Gasteiger partial charge in [-0.2, -0.15) is 0 Å². The first-order valence-corrected chi connectivity index (χ1v) is 3.47. The van der Waals surface area contributed by atoms with Crippen molar-refractivity contribution < 1.29 is 14.6 Å². The molecule has 0 saturated heterocycles. The minimum absolute atomic E-state index is 0.0185. The Morgan fingerprint density at radius 1 is 1.70 bits per heavy atom. The molecule has 3 aliphatic carbocycles. The van der Waals surface area contributed by atoms with E-state index in [0.717, 1.165) is 12.8 Å². The van der Waals surface area contributed by atoms with Gasteiger partial charge in [-0.1, -0.05) is 0 Å². The van der Waals surface area contributed by atoms with Gasteiger partial charge in [0.05, 0.1) is 11.5 Å². The van der Waals surface area contributed by atoms with Gasteiger partial charge in [-0.05, 0) is 18.8 Å². The molecule has 3 saturated carbocycles. The van der Waals surface area contributed by atoms with Crippen LogP contribution >= 0.6 is 0 Å². The Bertz CT molecular complexity index is 181. The van der Waals surface area contributed by atoms with E-state index in [0.29, 0.717) is 5.92 Å². The van der Waals surface area contributed by atoms with Crippen molar-refractivity contribution in [2.75, 3.05) is 7.11 Å². The fraction of sp³-hybridized carbons (Fsp3) is 0.857. The minimum Gasteiger partial charge on any atom is -0.481 e. The molecular formula is C7H10O3. The summed E-state index contributed by atoms with van der Waals surface area (Å²) in [5.74, 6) is -0.136. The average molecular weight is 142 g/mol. The van der Waals surface area contributed by atoms with Gasteiger partial charge in [-0.15, -0.1) is 0 Å². The van der Waals surface area contributed by atoms with Crippen LogP contribution in [0.4, 0.5) is 0 Å². The molecule has 3 heteroatoms. The van der Waals surface area contributed by atoms with Gasteiger partial charge in [0.15, 0.2) is 0 Å². The molecule has 0 radical (unpaired) electrons. The summed E-state index contributed by atoms with van der Waals surface area (Å²) in [6.07, 6.45) is 1.69. The molecule has 0 aromatic carbocycles. The highest BCUT2D eigenvalue weighted by Crippen LogP contribution is 2.65. The summed E-state index contributed by atoms with van der Waals surface area (Å²) in [4.78, 5) is 10.6. The van der Waals surface area contributed by atoms with Crippen LogP contribution in [-0.4, -0.2) is 24.3 Å². The van der Waals surface area contributed by atoms with E-state index < -0.39 is 11.4 Å². The number of aliphatic carboxylic acids is 1. The smallest absolute Gasteiger partial charge is 0.312 e. The van der Waals surface area contributed by atoms with E-state index in [-0.39, 0.29) is 6.10 Å². The second kappa shape index (κ2) is 1.53. The van der Waals surface area contributed by atoms with E-state index in [1.165, 1.54) is 0 Å². The summed E-state index contributed by atoms with van der Waals surface area (Å²) < 4.78 is 5.03. The van der Waals surface area contributed by atoms with Gasteiger partial charge < -0.3 is 9.84 Å². The first-order valence-electron chi connectivity index (χ1n) is 3.47. The molecule has 10 heavy (non-hydrogen) atoms. The molecule has 3 nitrogen and oxygen atoms in total. The second-order valence-electron chi connectivity index (χ2n) is 3.29. The zero-order chi connectivity index (χ0) is 7.35. The second-order valence-corrected chi connectivity index (χ2v) is 3.29. The van der Waals surface area contributed by atoms with Gasteiger partial charge in [-0.25, -0.2) is 0 Å². The molecule has 0 spiro atoms. The van der Waals surface area contributed by atoms with Gasteiger partial charge in [0.2, 0.25) is 0 Å². The Morgan fingerprint density at radius 3 is 2.40 bits per heavy atom. The predicted octanol–water partition coefficient (Wildman–Crippen LogP) is 0.496. The molecule has 0 aromatic rings. The summed E-state index contributed by atoms with van der Waals surface area (Å²) in [7, 11) is 1.59. The Morgan fingerprint density at radius 2 is 2.30 bits per heavy atom. The molecule has 0 amide bonds. The summed E-state index contributed by atoms with van der Waals surface area (Å²) in [5, 5.41) is 8.75. The third-order valence-corrected chi connectivity index (χ3v) is 2.91. The zero-order valence-corrected chi connectivity index (χ0v) is 5.83. The van der Waals surface area contributed by atoms with Crippen LogP contribution in [0.25, 0.3) is 0 Å². The van der Waals surface area contributed by atoms with E-state index in [1.54, 1.807) is 7.11 Å². The molecule has 0 aliphatic heterocycles. The number of ether oxygens (including phenoxy) is 1. The Kier molecular flexibility index (Phi) is 0.944. The maximum atomic E-state index is 10.6. The largest absolute Gasteiger partial charge is 0.481 e. The summed E-state index contributed by atoms with van der Waals surface area (Å²) in [5.41, 5.74) is -0.473. The van der Waals surface area contributed by atoms with Crippen LogP contribution in [0.1, 0.15) is 12.8 Å². The van der Waals surface area contributed by atoms with Crippen molar-refractivity contribution in [3.63, 3.8) is 0 Å². The number of carboxylic acids is 1. The van der Waals surface area contributed by atoms with Crippen molar-refractivity contribution in [1.29, 1.82) is 0 Å². The topological polar surface area (TPSA) is 46.5 Å². The van der Waals surface area contributed by atoms with Crippen molar-refractivity contribution in [2.45, 2.75) is 18.9 Å². The summed E-state index contributed by atoms with van der Waals surface area (Å²) >= 11 is 0. The first-order chi connectivity index (χ1) is 4.70. The molecule has 1 atom stereocenters. The molecular weight excluding hydrogens is 132 g/mol. The Balaban J connectivity index is 2.12. The molecule has 3 fully saturated rings. The van der Waals surface area contributed by atoms with E-state index in [2.05, 4.69) is 0 Å². The third-order valence-electron chi connectivity index (χ3n) is 2.91. The minimum atomic E-state index is -0.679. The normalized spacial score (nSPS) is 49.3. The van der Waals surface area contributed by atoms with Crippen LogP contribution in [0.2, 0.25) is 0 Å². The van der Waals surface area contributed by atoms with Gasteiger partial charge in [0.1, 0.15) is 0 Å². The highest BCUT2D eigenvalue weighted by molar-refractivity contribution is 5.79. The molecule has 1 N–H and O–H groups in total. The molecule has 0 heterocycles. The van der Waals surface area contributed by atoms with Crippen LogP contribution in [0.5, 0.6) is 0 Å².